The Hall–Kier alpha value is -1.03. The van der Waals surface area contributed by atoms with E-state index >= 15 is 0 Å². The number of hydrogen-bond acceptors (Lipinski definition) is 4. The second kappa shape index (κ2) is 11.0. The third-order valence-electron chi connectivity index (χ3n) is 4.78. The van der Waals surface area contributed by atoms with Crippen LogP contribution in [0.15, 0.2) is 22.5 Å². The van der Waals surface area contributed by atoms with Crippen LogP contribution in [0.4, 0.5) is 5.00 Å². The molecule has 0 radical (unpaired) electrons. The zero-order chi connectivity index (χ0) is 17.5. The van der Waals surface area contributed by atoms with Crippen molar-refractivity contribution in [2.24, 2.45) is 4.99 Å². The lowest BCUT2D eigenvalue weighted by atomic mass is 10.3. The number of halogens is 1. The highest BCUT2D eigenvalue weighted by molar-refractivity contribution is 14.0. The fourth-order valence-electron chi connectivity index (χ4n) is 3.40. The highest BCUT2D eigenvalue weighted by Crippen LogP contribution is 2.22. The van der Waals surface area contributed by atoms with Crippen LogP contribution in [0.5, 0.6) is 0 Å². The van der Waals surface area contributed by atoms with Gasteiger partial charge in [-0.05, 0) is 37.3 Å². The summed E-state index contributed by atoms with van der Waals surface area (Å²) >= 11 is 1.80. The first-order chi connectivity index (χ1) is 12.3. The van der Waals surface area contributed by atoms with Crippen LogP contribution in [-0.2, 0) is 4.79 Å². The molecule has 0 aromatic carbocycles. The van der Waals surface area contributed by atoms with E-state index in [1.54, 1.807) is 11.3 Å². The molecule has 2 aliphatic rings. The topological polar surface area (TPSA) is 51.2 Å². The lowest BCUT2D eigenvalue weighted by Gasteiger charge is -2.37. The molecular formula is C18H30IN5OS. The largest absolute Gasteiger partial charge is 0.360 e. The van der Waals surface area contributed by atoms with E-state index in [9.17, 15) is 4.79 Å². The summed E-state index contributed by atoms with van der Waals surface area (Å²) < 4.78 is 0. The third-order valence-corrected chi connectivity index (χ3v) is 5.71. The Labute approximate surface area is 177 Å². The average molecular weight is 491 g/mol. The standard InChI is InChI=1S/C18H29N5OS.HI/c1-2-19-18(20-8-7-16(24)21-9-3-4-10-21)23-13-11-22(12-14-23)17-6-5-15-25-17;/h5-6,15H,2-4,7-14H2,1H3,(H,19,20);1H. The summed E-state index contributed by atoms with van der Waals surface area (Å²) in [5, 5.41) is 6.86. The van der Waals surface area contributed by atoms with E-state index in [1.165, 1.54) is 5.00 Å². The van der Waals surface area contributed by atoms with Gasteiger partial charge in [-0.2, -0.15) is 0 Å². The summed E-state index contributed by atoms with van der Waals surface area (Å²) in [7, 11) is 0. The molecule has 0 saturated carbocycles. The molecule has 2 saturated heterocycles. The van der Waals surface area contributed by atoms with Gasteiger partial charge in [0.15, 0.2) is 5.96 Å². The van der Waals surface area contributed by atoms with Crippen molar-refractivity contribution in [3.63, 3.8) is 0 Å². The van der Waals surface area contributed by atoms with Crippen molar-refractivity contribution >= 4 is 52.2 Å². The van der Waals surface area contributed by atoms with Crippen LogP contribution < -0.4 is 10.2 Å². The van der Waals surface area contributed by atoms with Gasteiger partial charge in [-0.25, -0.2) is 0 Å². The number of carbonyl (C=O) groups is 1. The molecule has 0 aliphatic carbocycles. The van der Waals surface area contributed by atoms with Crippen LogP contribution in [0.25, 0.3) is 0 Å². The molecule has 6 nitrogen and oxygen atoms in total. The lowest BCUT2D eigenvalue weighted by Crippen LogP contribution is -2.52. The van der Waals surface area contributed by atoms with Gasteiger partial charge >= 0.3 is 0 Å². The summed E-state index contributed by atoms with van der Waals surface area (Å²) in [6.45, 7) is 9.31. The minimum Gasteiger partial charge on any atom is -0.360 e. The number of anilines is 1. The van der Waals surface area contributed by atoms with Gasteiger partial charge in [0.25, 0.3) is 0 Å². The summed E-state index contributed by atoms with van der Waals surface area (Å²) in [6.07, 6.45) is 2.81. The zero-order valence-corrected chi connectivity index (χ0v) is 18.7. The van der Waals surface area contributed by atoms with E-state index in [1.807, 2.05) is 4.90 Å². The molecule has 0 spiro atoms. The molecular weight excluding hydrogens is 461 g/mol. The van der Waals surface area contributed by atoms with Crippen molar-refractivity contribution in [2.75, 3.05) is 57.3 Å². The predicted molar refractivity (Wildman–Crippen MR) is 120 cm³/mol. The van der Waals surface area contributed by atoms with E-state index in [-0.39, 0.29) is 29.9 Å². The minimum absolute atomic E-state index is 0. The molecule has 146 valence electrons. The Kier molecular flexibility index (Phi) is 8.97. The average Bonchev–Trinajstić information content (AvgIpc) is 3.34. The first-order valence-electron chi connectivity index (χ1n) is 9.37. The molecule has 3 heterocycles. The summed E-state index contributed by atoms with van der Waals surface area (Å²) in [4.78, 5) is 23.6. The molecule has 1 N–H and O–H groups in total. The molecule has 8 heteroatoms. The Morgan fingerprint density at radius 1 is 1.15 bits per heavy atom. The van der Waals surface area contributed by atoms with Crippen LogP contribution in [0.2, 0.25) is 0 Å². The first-order valence-corrected chi connectivity index (χ1v) is 10.3. The second-order valence-electron chi connectivity index (χ2n) is 6.50. The highest BCUT2D eigenvalue weighted by atomic mass is 127. The second-order valence-corrected chi connectivity index (χ2v) is 7.43. The molecule has 1 amide bonds. The maximum atomic E-state index is 12.2. The minimum atomic E-state index is 0. The van der Waals surface area contributed by atoms with Gasteiger partial charge in [0, 0.05) is 52.2 Å². The normalized spacial score (nSPS) is 18.0. The quantitative estimate of drug-likeness (QED) is 0.391. The summed E-state index contributed by atoms with van der Waals surface area (Å²) in [5.74, 6) is 1.20. The summed E-state index contributed by atoms with van der Waals surface area (Å²) in [6, 6.07) is 4.29. The van der Waals surface area contributed by atoms with Crippen LogP contribution in [-0.4, -0.2) is 74.0 Å². The van der Waals surface area contributed by atoms with E-state index in [0.717, 1.165) is 64.6 Å². The van der Waals surface area contributed by atoms with Gasteiger partial charge in [0.1, 0.15) is 0 Å². The zero-order valence-electron chi connectivity index (χ0n) is 15.5. The maximum absolute atomic E-state index is 12.2. The van der Waals surface area contributed by atoms with Crippen LogP contribution >= 0.6 is 35.3 Å². The molecule has 0 atom stereocenters. The van der Waals surface area contributed by atoms with Gasteiger partial charge in [0.2, 0.25) is 5.91 Å². The fourth-order valence-corrected chi connectivity index (χ4v) is 4.18. The maximum Gasteiger partial charge on any atom is 0.224 e. The molecule has 0 unspecified atom stereocenters. The number of nitrogens with one attached hydrogen (secondary N) is 1. The van der Waals surface area contributed by atoms with Gasteiger partial charge < -0.3 is 20.0 Å². The number of aliphatic imine (C=N–C) groups is 1. The molecule has 3 rings (SSSR count). The van der Waals surface area contributed by atoms with E-state index < -0.39 is 0 Å². The van der Waals surface area contributed by atoms with E-state index in [2.05, 4.69) is 39.6 Å². The first kappa shape index (κ1) is 21.3. The van der Waals surface area contributed by atoms with Gasteiger partial charge in [-0.3, -0.25) is 9.79 Å². The number of piperazine rings is 1. The highest BCUT2D eigenvalue weighted by Gasteiger charge is 2.21. The van der Waals surface area contributed by atoms with Crippen molar-refractivity contribution in [2.45, 2.75) is 26.2 Å². The van der Waals surface area contributed by atoms with Crippen LogP contribution in [0.3, 0.4) is 0 Å². The van der Waals surface area contributed by atoms with Crippen LogP contribution in [0.1, 0.15) is 26.2 Å². The van der Waals surface area contributed by atoms with E-state index in [4.69, 9.17) is 4.99 Å². The number of amides is 1. The Morgan fingerprint density at radius 3 is 2.50 bits per heavy atom. The third kappa shape index (κ3) is 5.73. The smallest absolute Gasteiger partial charge is 0.224 e. The van der Waals surface area contributed by atoms with Crippen molar-refractivity contribution in [1.82, 2.24) is 15.1 Å². The Balaban J connectivity index is 0.00000243. The number of hydrogen-bond donors (Lipinski definition) is 1. The number of thiophene rings is 1. The molecule has 2 aliphatic heterocycles. The Bertz CT molecular complexity index is 566. The number of carbonyl (C=O) groups excluding carboxylic acids is 1. The molecule has 2 fully saturated rings. The van der Waals surface area contributed by atoms with Crippen molar-refractivity contribution < 1.29 is 4.79 Å². The predicted octanol–water partition coefficient (Wildman–Crippen LogP) is 2.47. The molecule has 0 bridgehead atoms. The number of likely N-dealkylation sites (tertiary alicyclic amines) is 1. The molecule has 1 aromatic rings. The lowest BCUT2D eigenvalue weighted by molar-refractivity contribution is -0.129. The number of rotatable bonds is 5. The van der Waals surface area contributed by atoms with Gasteiger partial charge in [-0.1, -0.05) is 0 Å². The van der Waals surface area contributed by atoms with Gasteiger partial charge in [-0.15, -0.1) is 35.3 Å². The van der Waals surface area contributed by atoms with Gasteiger partial charge in [0.05, 0.1) is 11.5 Å². The monoisotopic (exact) mass is 491 g/mol. The Morgan fingerprint density at radius 2 is 1.88 bits per heavy atom. The van der Waals surface area contributed by atoms with Crippen molar-refractivity contribution in [3.8, 4) is 0 Å². The summed E-state index contributed by atoms with van der Waals surface area (Å²) in [5.41, 5.74) is 0. The number of nitrogens with zero attached hydrogens (tertiary/aromatic N) is 4. The SMILES string of the molecule is CCNC(=NCCC(=O)N1CCCC1)N1CCN(c2cccs2)CC1.I. The van der Waals surface area contributed by atoms with Crippen LogP contribution in [0, 0.1) is 0 Å². The fraction of sp³-hybridized carbons (Fsp3) is 0.667. The van der Waals surface area contributed by atoms with Crippen molar-refractivity contribution in [1.29, 1.82) is 0 Å². The molecule has 26 heavy (non-hydrogen) atoms. The van der Waals surface area contributed by atoms with E-state index in [0.29, 0.717) is 13.0 Å². The van der Waals surface area contributed by atoms with Crippen molar-refractivity contribution in [3.05, 3.63) is 17.5 Å². The number of guanidine groups is 1. The molecule has 1 aromatic heterocycles.